The molecule has 0 N–H and O–H groups in total. The molecule has 0 saturated carbocycles. The predicted molar refractivity (Wildman–Crippen MR) is 66.8 cm³/mol. The third kappa shape index (κ3) is 2.02. The van der Waals surface area contributed by atoms with Crippen LogP contribution >= 0.6 is 58.6 Å². The Morgan fingerprint density at radius 1 is 1.33 bits per heavy atom. The smallest absolute Gasteiger partial charge is 0.125 e. The molecule has 2 aliphatic heterocycles. The van der Waals surface area contributed by atoms with E-state index in [2.05, 4.69) is 54.0 Å². The lowest BCUT2D eigenvalue weighted by Crippen LogP contribution is -2.04. The Kier molecular flexibility index (Phi) is 3.45. The molecule has 0 radical (unpaired) electrons. The van der Waals surface area contributed by atoms with E-state index in [1.165, 1.54) is 11.5 Å². The largest absolute Gasteiger partial charge is 0.154 e. The van der Waals surface area contributed by atoms with Crippen molar-refractivity contribution in [3.05, 3.63) is 0 Å². The van der Waals surface area contributed by atoms with Gasteiger partial charge in [-0.25, -0.2) is 0 Å². The average Bonchev–Trinajstić information content (AvgIpc) is 2.61. The van der Waals surface area contributed by atoms with Gasteiger partial charge >= 0.3 is 0 Å². The number of alkyl halides is 1. The van der Waals surface area contributed by atoms with Gasteiger partial charge in [0.15, 0.2) is 2.74 Å². The van der Waals surface area contributed by atoms with Crippen molar-refractivity contribution in [3.63, 3.8) is 0 Å². The summed E-state index contributed by atoms with van der Waals surface area (Å²) in [7, 11) is 0. The van der Waals surface area contributed by atoms with Gasteiger partial charge in [0.2, 0.25) is 0 Å². The third-order valence-corrected chi connectivity index (χ3v) is 10.4. The lowest BCUT2D eigenvalue weighted by Gasteiger charge is -2.18. The van der Waals surface area contributed by atoms with Gasteiger partial charge in [-0.3, -0.25) is 0 Å². The van der Waals surface area contributed by atoms with Crippen molar-refractivity contribution in [1.29, 1.82) is 0 Å². The SMILES string of the molecule is C[C@@H]1CS[C@@]2(SC[C@@H](CCl)S2)S1. The number of halogens is 1. The van der Waals surface area contributed by atoms with Crippen LogP contribution in [0.15, 0.2) is 0 Å². The molecule has 0 aromatic heterocycles. The van der Waals surface area contributed by atoms with Crippen molar-refractivity contribution in [2.75, 3.05) is 17.4 Å². The minimum absolute atomic E-state index is 0.416. The van der Waals surface area contributed by atoms with Crippen LogP contribution in [0, 0.1) is 0 Å². The lowest BCUT2D eigenvalue weighted by atomic mass is 10.6. The van der Waals surface area contributed by atoms with Crippen LogP contribution in [0.2, 0.25) is 0 Å². The van der Waals surface area contributed by atoms with E-state index in [1.54, 1.807) is 0 Å². The van der Waals surface area contributed by atoms with Crippen LogP contribution in [0.5, 0.6) is 0 Å². The second-order valence-electron chi connectivity index (χ2n) is 2.94. The Hall–Kier alpha value is 1.69. The summed E-state index contributed by atoms with van der Waals surface area (Å²) in [5.41, 5.74) is 0. The van der Waals surface area contributed by atoms with Gasteiger partial charge in [-0.1, -0.05) is 6.92 Å². The molecule has 12 heavy (non-hydrogen) atoms. The molecule has 2 fully saturated rings. The summed E-state index contributed by atoms with van der Waals surface area (Å²) < 4.78 is 0.416. The fourth-order valence-corrected chi connectivity index (χ4v) is 10.1. The number of hydrogen-bond acceptors (Lipinski definition) is 4. The molecule has 1 spiro atoms. The minimum Gasteiger partial charge on any atom is -0.125 e. The summed E-state index contributed by atoms with van der Waals surface area (Å²) in [6.45, 7) is 2.32. The fraction of sp³-hybridized carbons (Fsp3) is 1.00. The Morgan fingerprint density at radius 2 is 2.08 bits per heavy atom. The van der Waals surface area contributed by atoms with E-state index in [1.807, 2.05) is 0 Å². The topological polar surface area (TPSA) is 0 Å². The third-order valence-electron chi connectivity index (χ3n) is 1.77. The normalized spacial score (nSPS) is 47.5. The van der Waals surface area contributed by atoms with E-state index in [4.69, 9.17) is 11.6 Å². The molecular formula is C7H11ClS4. The molecule has 5 heteroatoms. The molecule has 70 valence electrons. The first kappa shape index (κ1) is 10.2. The van der Waals surface area contributed by atoms with Crippen molar-refractivity contribution in [1.82, 2.24) is 0 Å². The van der Waals surface area contributed by atoms with Gasteiger partial charge in [0, 0.05) is 27.9 Å². The molecule has 3 atom stereocenters. The van der Waals surface area contributed by atoms with Crippen molar-refractivity contribution >= 4 is 58.6 Å². The van der Waals surface area contributed by atoms with E-state index in [0.717, 1.165) is 11.1 Å². The average molecular weight is 259 g/mol. The van der Waals surface area contributed by atoms with Crippen LogP contribution in [0.25, 0.3) is 0 Å². The van der Waals surface area contributed by atoms with Crippen LogP contribution in [0.3, 0.4) is 0 Å². The summed E-state index contributed by atoms with van der Waals surface area (Å²) in [6, 6.07) is 0. The van der Waals surface area contributed by atoms with Crippen molar-refractivity contribution in [3.8, 4) is 0 Å². The highest BCUT2D eigenvalue weighted by Crippen LogP contribution is 2.66. The summed E-state index contributed by atoms with van der Waals surface area (Å²) >= 11 is 14.3. The second kappa shape index (κ2) is 4.05. The van der Waals surface area contributed by atoms with Gasteiger partial charge in [0.25, 0.3) is 0 Å². The maximum absolute atomic E-state index is 5.85. The van der Waals surface area contributed by atoms with E-state index in [9.17, 15) is 0 Å². The zero-order valence-electron chi connectivity index (χ0n) is 6.79. The molecule has 2 aliphatic rings. The van der Waals surface area contributed by atoms with Crippen LogP contribution in [0.4, 0.5) is 0 Å². The van der Waals surface area contributed by atoms with Gasteiger partial charge in [0.05, 0.1) is 0 Å². The zero-order chi connectivity index (χ0) is 8.60. The Bertz CT molecular complexity index is 177. The molecule has 0 aliphatic carbocycles. The molecule has 0 bridgehead atoms. The van der Waals surface area contributed by atoms with Crippen molar-refractivity contribution in [2.24, 2.45) is 0 Å². The van der Waals surface area contributed by atoms with E-state index in [0.29, 0.717) is 7.99 Å². The molecule has 0 unspecified atom stereocenters. The van der Waals surface area contributed by atoms with E-state index >= 15 is 0 Å². The molecule has 2 rings (SSSR count). The highest BCUT2D eigenvalue weighted by Gasteiger charge is 2.46. The molecule has 2 saturated heterocycles. The van der Waals surface area contributed by atoms with Crippen LogP contribution < -0.4 is 0 Å². The highest BCUT2D eigenvalue weighted by atomic mass is 35.5. The summed E-state index contributed by atoms with van der Waals surface area (Å²) in [4.78, 5) is 0. The van der Waals surface area contributed by atoms with Crippen LogP contribution in [0.1, 0.15) is 6.92 Å². The first-order chi connectivity index (χ1) is 5.74. The minimum atomic E-state index is 0.416. The Balaban J connectivity index is 1.97. The quantitative estimate of drug-likeness (QED) is 0.660. The molecule has 0 amide bonds. The second-order valence-corrected chi connectivity index (χ2v) is 10.4. The van der Waals surface area contributed by atoms with Gasteiger partial charge in [-0.15, -0.1) is 58.6 Å². The monoisotopic (exact) mass is 258 g/mol. The molecule has 0 nitrogen and oxygen atoms in total. The molecule has 0 aromatic carbocycles. The molecular weight excluding hydrogens is 248 g/mol. The number of thioether (sulfide) groups is 4. The first-order valence-corrected chi connectivity index (χ1v) is 8.20. The van der Waals surface area contributed by atoms with E-state index in [-0.39, 0.29) is 0 Å². The maximum atomic E-state index is 5.85. The van der Waals surface area contributed by atoms with Gasteiger partial charge in [-0.2, -0.15) is 0 Å². The van der Waals surface area contributed by atoms with Gasteiger partial charge in [-0.05, 0) is 0 Å². The highest BCUT2D eigenvalue weighted by molar-refractivity contribution is 8.50. The van der Waals surface area contributed by atoms with Crippen molar-refractivity contribution < 1.29 is 0 Å². The zero-order valence-corrected chi connectivity index (χ0v) is 10.8. The fourth-order valence-electron chi connectivity index (χ4n) is 1.21. The lowest BCUT2D eigenvalue weighted by molar-refractivity contribution is 1.15. The number of rotatable bonds is 1. The Morgan fingerprint density at radius 3 is 2.58 bits per heavy atom. The summed E-state index contributed by atoms with van der Waals surface area (Å²) in [5.74, 6) is 3.36. The summed E-state index contributed by atoms with van der Waals surface area (Å²) in [6.07, 6.45) is 0. The first-order valence-electron chi connectivity index (χ1n) is 3.93. The standard InChI is InChI=1S/C7H11ClS4/c1-5-3-9-7(11-5)10-4-6(2-8)12-7/h5-6H,2-4H2,1H3/t5-,6-,7-/m1/s1. The maximum Gasteiger partial charge on any atom is 0.154 e. The summed E-state index contributed by atoms with van der Waals surface area (Å²) in [5, 5.41) is 1.51. The van der Waals surface area contributed by atoms with Crippen LogP contribution in [-0.2, 0) is 0 Å². The van der Waals surface area contributed by atoms with Gasteiger partial charge in [0.1, 0.15) is 0 Å². The van der Waals surface area contributed by atoms with Crippen LogP contribution in [-0.4, -0.2) is 30.6 Å². The molecule has 2 heterocycles. The van der Waals surface area contributed by atoms with Crippen molar-refractivity contribution in [2.45, 2.75) is 20.2 Å². The molecule has 0 aromatic rings. The Labute approximate surface area is 95.7 Å². The van der Waals surface area contributed by atoms with Gasteiger partial charge < -0.3 is 0 Å². The number of hydrogen-bond donors (Lipinski definition) is 0. The predicted octanol–water partition coefficient (Wildman–Crippen LogP) is 3.55. The van der Waals surface area contributed by atoms with E-state index < -0.39 is 0 Å².